The van der Waals surface area contributed by atoms with Gasteiger partial charge >= 0.3 is 0 Å². The number of carbonyl (C=O) groups is 1. The van der Waals surface area contributed by atoms with Crippen LogP contribution in [0.1, 0.15) is 28.9 Å². The van der Waals surface area contributed by atoms with Gasteiger partial charge in [0.25, 0.3) is 11.8 Å². The molecule has 0 radical (unpaired) electrons. The van der Waals surface area contributed by atoms with Gasteiger partial charge in [0.1, 0.15) is 5.82 Å². The van der Waals surface area contributed by atoms with Crippen LogP contribution in [0, 0.1) is 5.82 Å². The molecule has 5 rings (SSSR count). The van der Waals surface area contributed by atoms with E-state index in [1.54, 1.807) is 47.0 Å². The highest BCUT2D eigenvalue weighted by molar-refractivity contribution is 5.94. The third-order valence-corrected chi connectivity index (χ3v) is 6.04. The van der Waals surface area contributed by atoms with E-state index >= 15 is 0 Å². The zero-order chi connectivity index (χ0) is 23.9. The zero-order valence-corrected chi connectivity index (χ0v) is 18.2. The standard InChI is InChI=1S/C25H22F3N5O/c26-19-7-5-17(6-8-19)22-14-21(30-23-13-20(15-29)31-33(22)23)16-1-3-18(4-2-16)24(34)32-11-9-25(27,28)10-12-32/h1-8,13-14H,9-12,15,29H2. The Balaban J connectivity index is 1.48. The van der Waals surface area contributed by atoms with Gasteiger partial charge in [-0.1, -0.05) is 12.1 Å². The fraction of sp³-hybridized carbons (Fsp3) is 0.240. The molecule has 1 aliphatic heterocycles. The van der Waals surface area contributed by atoms with Gasteiger partial charge in [0.2, 0.25) is 0 Å². The average molecular weight is 465 g/mol. The molecule has 9 heteroatoms. The molecule has 2 aromatic heterocycles. The first-order valence-corrected chi connectivity index (χ1v) is 11.0. The summed E-state index contributed by atoms with van der Waals surface area (Å²) in [6.07, 6.45) is -0.633. The minimum absolute atomic E-state index is 0.0392. The number of hydrogen-bond donors (Lipinski definition) is 1. The summed E-state index contributed by atoms with van der Waals surface area (Å²) in [5, 5.41) is 4.50. The SMILES string of the molecule is NCc1cc2nc(-c3ccc(C(=O)N4CCC(F)(F)CC4)cc3)cc(-c3ccc(F)cc3)n2n1. The van der Waals surface area contributed by atoms with Crippen molar-refractivity contribution < 1.29 is 18.0 Å². The van der Waals surface area contributed by atoms with E-state index in [4.69, 9.17) is 10.7 Å². The van der Waals surface area contributed by atoms with E-state index in [-0.39, 0.29) is 44.2 Å². The molecule has 1 fully saturated rings. The van der Waals surface area contributed by atoms with Crippen LogP contribution in [0.25, 0.3) is 28.2 Å². The molecular weight excluding hydrogens is 443 g/mol. The highest BCUT2D eigenvalue weighted by Crippen LogP contribution is 2.30. The van der Waals surface area contributed by atoms with Crippen molar-refractivity contribution >= 4 is 11.6 Å². The van der Waals surface area contributed by atoms with Crippen LogP contribution in [0.4, 0.5) is 13.2 Å². The van der Waals surface area contributed by atoms with Crippen molar-refractivity contribution in [3.05, 3.63) is 77.7 Å². The molecule has 34 heavy (non-hydrogen) atoms. The van der Waals surface area contributed by atoms with Gasteiger partial charge < -0.3 is 10.6 Å². The quantitative estimate of drug-likeness (QED) is 0.480. The predicted octanol–water partition coefficient (Wildman–Crippen LogP) is 4.53. The van der Waals surface area contributed by atoms with Crippen LogP contribution in [0.15, 0.2) is 60.7 Å². The van der Waals surface area contributed by atoms with Gasteiger partial charge in [-0.2, -0.15) is 5.10 Å². The number of nitrogens with zero attached hydrogens (tertiary/aromatic N) is 4. The summed E-state index contributed by atoms with van der Waals surface area (Å²) < 4.78 is 42.0. The number of fused-ring (bicyclic) bond motifs is 1. The van der Waals surface area contributed by atoms with Crippen LogP contribution in [-0.2, 0) is 6.54 Å². The van der Waals surface area contributed by atoms with E-state index in [0.717, 1.165) is 11.1 Å². The number of hydrogen-bond acceptors (Lipinski definition) is 4. The number of aromatic nitrogens is 3. The molecule has 3 heterocycles. The Kier molecular flexibility index (Phi) is 5.57. The lowest BCUT2D eigenvalue weighted by Crippen LogP contribution is -2.42. The minimum atomic E-state index is -2.70. The van der Waals surface area contributed by atoms with Gasteiger partial charge in [0, 0.05) is 55.2 Å². The lowest BCUT2D eigenvalue weighted by molar-refractivity contribution is -0.0494. The first-order chi connectivity index (χ1) is 16.3. The molecule has 0 unspecified atom stereocenters. The summed E-state index contributed by atoms with van der Waals surface area (Å²) in [5.41, 5.74) is 10.3. The van der Waals surface area contributed by atoms with E-state index in [0.29, 0.717) is 28.3 Å². The van der Waals surface area contributed by atoms with E-state index in [9.17, 15) is 18.0 Å². The van der Waals surface area contributed by atoms with Gasteiger partial charge in [-0.15, -0.1) is 0 Å². The number of rotatable bonds is 4. The summed E-state index contributed by atoms with van der Waals surface area (Å²) in [6, 6.07) is 16.6. The van der Waals surface area contributed by atoms with Gasteiger partial charge in [-0.25, -0.2) is 22.7 Å². The fourth-order valence-electron chi connectivity index (χ4n) is 4.10. The van der Waals surface area contributed by atoms with Crippen LogP contribution in [0.2, 0.25) is 0 Å². The summed E-state index contributed by atoms with van der Waals surface area (Å²) in [6.45, 7) is 0.329. The van der Waals surface area contributed by atoms with Crippen LogP contribution >= 0.6 is 0 Å². The van der Waals surface area contributed by atoms with Gasteiger partial charge in [0.05, 0.1) is 17.1 Å². The minimum Gasteiger partial charge on any atom is -0.338 e. The second kappa shape index (κ2) is 8.57. The van der Waals surface area contributed by atoms with Crippen molar-refractivity contribution in [1.82, 2.24) is 19.5 Å². The Morgan fingerprint density at radius 1 is 0.971 bits per heavy atom. The van der Waals surface area contributed by atoms with Crippen LogP contribution in [0.3, 0.4) is 0 Å². The van der Waals surface area contributed by atoms with Crippen molar-refractivity contribution in [2.75, 3.05) is 13.1 Å². The Labute approximate surface area is 193 Å². The molecule has 2 aromatic carbocycles. The van der Waals surface area contributed by atoms with Crippen molar-refractivity contribution in [3.8, 4) is 22.5 Å². The molecule has 1 amide bonds. The van der Waals surface area contributed by atoms with Gasteiger partial charge in [-0.05, 0) is 42.5 Å². The van der Waals surface area contributed by atoms with E-state index in [1.807, 2.05) is 6.07 Å². The zero-order valence-electron chi connectivity index (χ0n) is 18.2. The second-order valence-electron chi connectivity index (χ2n) is 8.37. The largest absolute Gasteiger partial charge is 0.338 e. The topological polar surface area (TPSA) is 76.5 Å². The van der Waals surface area contributed by atoms with E-state index in [2.05, 4.69) is 5.10 Å². The van der Waals surface area contributed by atoms with Crippen molar-refractivity contribution in [3.63, 3.8) is 0 Å². The molecular formula is C25H22F3N5O. The number of alkyl halides is 2. The van der Waals surface area contributed by atoms with E-state index in [1.165, 1.54) is 17.0 Å². The summed E-state index contributed by atoms with van der Waals surface area (Å²) >= 11 is 0. The Bertz CT molecular complexity index is 1340. The molecule has 1 aliphatic rings. The summed E-state index contributed by atoms with van der Waals surface area (Å²) in [7, 11) is 0. The van der Waals surface area contributed by atoms with Crippen LogP contribution < -0.4 is 5.73 Å². The van der Waals surface area contributed by atoms with Crippen LogP contribution in [-0.4, -0.2) is 44.4 Å². The maximum atomic E-state index is 13.5. The molecule has 2 N–H and O–H groups in total. The number of benzene rings is 2. The molecule has 0 saturated carbocycles. The van der Waals surface area contributed by atoms with Crippen LogP contribution in [0.5, 0.6) is 0 Å². The molecule has 0 aliphatic carbocycles. The Hall–Kier alpha value is -3.72. The number of likely N-dealkylation sites (tertiary alicyclic amines) is 1. The monoisotopic (exact) mass is 465 g/mol. The van der Waals surface area contributed by atoms with Gasteiger partial charge in [-0.3, -0.25) is 4.79 Å². The average Bonchev–Trinajstić information content (AvgIpc) is 3.27. The maximum absolute atomic E-state index is 13.5. The third kappa shape index (κ3) is 4.26. The fourth-order valence-corrected chi connectivity index (χ4v) is 4.10. The molecule has 0 atom stereocenters. The maximum Gasteiger partial charge on any atom is 0.253 e. The number of nitrogens with two attached hydrogens (primary N) is 1. The van der Waals surface area contributed by atoms with E-state index < -0.39 is 5.92 Å². The number of carbonyl (C=O) groups excluding carboxylic acids is 1. The smallest absolute Gasteiger partial charge is 0.253 e. The van der Waals surface area contributed by atoms with Gasteiger partial charge in [0.15, 0.2) is 5.65 Å². The summed E-state index contributed by atoms with van der Waals surface area (Å²) in [5.74, 6) is -3.30. The molecule has 174 valence electrons. The third-order valence-electron chi connectivity index (χ3n) is 6.04. The molecule has 4 aromatic rings. The van der Waals surface area contributed by atoms with Crippen molar-refractivity contribution in [2.24, 2.45) is 5.73 Å². The lowest BCUT2D eigenvalue weighted by Gasteiger charge is -2.31. The first kappa shape index (κ1) is 22.1. The molecule has 0 bridgehead atoms. The Morgan fingerprint density at radius 2 is 1.62 bits per heavy atom. The highest BCUT2D eigenvalue weighted by Gasteiger charge is 2.35. The predicted molar refractivity (Wildman–Crippen MR) is 122 cm³/mol. The normalized spacial score (nSPS) is 15.6. The number of halogens is 3. The summed E-state index contributed by atoms with van der Waals surface area (Å²) in [4.78, 5) is 18.9. The highest BCUT2D eigenvalue weighted by atomic mass is 19.3. The number of amides is 1. The Morgan fingerprint density at radius 3 is 2.26 bits per heavy atom. The van der Waals surface area contributed by atoms with Crippen molar-refractivity contribution in [1.29, 1.82) is 0 Å². The first-order valence-electron chi connectivity index (χ1n) is 11.0. The molecule has 0 spiro atoms. The number of piperidine rings is 1. The van der Waals surface area contributed by atoms with Crippen molar-refractivity contribution in [2.45, 2.75) is 25.3 Å². The second-order valence-corrected chi connectivity index (χ2v) is 8.37. The lowest BCUT2D eigenvalue weighted by atomic mass is 10.0. The molecule has 1 saturated heterocycles. The molecule has 6 nitrogen and oxygen atoms in total.